The van der Waals surface area contributed by atoms with Crippen molar-refractivity contribution in [1.29, 1.82) is 0 Å². The number of carbonyl (C=O) groups is 1. The molecular weight excluding hydrogens is 267 g/mol. The van der Waals surface area contributed by atoms with E-state index < -0.39 is 11.7 Å². The van der Waals surface area contributed by atoms with Crippen LogP contribution in [0.25, 0.3) is 0 Å². The fourth-order valence-corrected chi connectivity index (χ4v) is 1.83. The van der Waals surface area contributed by atoms with E-state index in [9.17, 15) is 9.18 Å². The highest BCUT2D eigenvalue weighted by Crippen LogP contribution is 2.14. The molecule has 3 N–H and O–H groups in total. The van der Waals surface area contributed by atoms with Gasteiger partial charge >= 0.3 is 0 Å². The molecule has 1 amide bonds. The Hall–Kier alpha value is -2.64. The summed E-state index contributed by atoms with van der Waals surface area (Å²) in [5, 5.41) is 2.66. The van der Waals surface area contributed by atoms with Gasteiger partial charge in [0.2, 0.25) is 0 Å². The number of rotatable bonds is 2. The molecule has 0 aromatic heterocycles. The number of halogens is 1. The van der Waals surface area contributed by atoms with Crippen molar-refractivity contribution in [2.75, 3.05) is 11.9 Å². The van der Waals surface area contributed by atoms with Crippen molar-refractivity contribution in [3.8, 4) is 11.8 Å². The molecule has 0 aliphatic heterocycles. The third-order valence-corrected chi connectivity index (χ3v) is 2.82. The summed E-state index contributed by atoms with van der Waals surface area (Å²) in [6.07, 6.45) is 0. The Labute approximate surface area is 123 Å². The molecule has 0 aliphatic carbocycles. The molecule has 3 nitrogen and oxygen atoms in total. The third kappa shape index (κ3) is 3.91. The number of nitrogens with two attached hydrogens (primary N) is 1. The Morgan fingerprint density at radius 3 is 2.81 bits per heavy atom. The maximum Gasteiger partial charge on any atom is 0.258 e. The highest BCUT2D eigenvalue weighted by Gasteiger charge is 2.11. The lowest BCUT2D eigenvalue weighted by Crippen LogP contribution is -2.13. The first-order valence-corrected chi connectivity index (χ1v) is 6.46. The highest BCUT2D eigenvalue weighted by atomic mass is 19.1. The van der Waals surface area contributed by atoms with Crippen LogP contribution in [0.4, 0.5) is 10.1 Å². The van der Waals surface area contributed by atoms with Crippen molar-refractivity contribution >= 4 is 11.6 Å². The first kappa shape index (κ1) is 14.8. The van der Waals surface area contributed by atoms with E-state index >= 15 is 0 Å². The number of amides is 1. The van der Waals surface area contributed by atoms with Gasteiger partial charge < -0.3 is 11.1 Å². The summed E-state index contributed by atoms with van der Waals surface area (Å²) in [6.45, 7) is 2.04. The molecule has 21 heavy (non-hydrogen) atoms. The summed E-state index contributed by atoms with van der Waals surface area (Å²) in [4.78, 5) is 12.1. The van der Waals surface area contributed by atoms with Gasteiger partial charge in [0, 0.05) is 11.3 Å². The standard InChI is InChI=1S/C17H15FN2O/c1-12-7-8-15(16(18)10-12)17(21)20-14-6-2-4-13(11-14)5-3-9-19/h2,4,6-8,10-11H,9,19H2,1H3,(H,20,21). The molecule has 0 fully saturated rings. The lowest BCUT2D eigenvalue weighted by atomic mass is 10.1. The highest BCUT2D eigenvalue weighted by molar-refractivity contribution is 6.04. The minimum atomic E-state index is -0.536. The van der Waals surface area contributed by atoms with Gasteiger partial charge in [0.1, 0.15) is 5.82 Å². The molecule has 106 valence electrons. The van der Waals surface area contributed by atoms with Crippen molar-refractivity contribution in [3.05, 3.63) is 65.0 Å². The van der Waals surface area contributed by atoms with E-state index in [-0.39, 0.29) is 12.1 Å². The van der Waals surface area contributed by atoms with Gasteiger partial charge in [-0.3, -0.25) is 4.79 Å². The minimum absolute atomic E-state index is 0.0130. The van der Waals surface area contributed by atoms with Gasteiger partial charge in [-0.15, -0.1) is 0 Å². The first-order valence-electron chi connectivity index (χ1n) is 6.46. The lowest BCUT2D eigenvalue weighted by Gasteiger charge is -2.07. The first-order chi connectivity index (χ1) is 10.1. The van der Waals surface area contributed by atoms with Gasteiger partial charge in [0.25, 0.3) is 5.91 Å². The van der Waals surface area contributed by atoms with Crippen molar-refractivity contribution in [1.82, 2.24) is 0 Å². The molecule has 0 saturated heterocycles. The molecule has 0 heterocycles. The van der Waals surface area contributed by atoms with E-state index in [4.69, 9.17) is 5.73 Å². The zero-order valence-corrected chi connectivity index (χ0v) is 11.6. The monoisotopic (exact) mass is 282 g/mol. The summed E-state index contributed by atoms with van der Waals surface area (Å²) in [6, 6.07) is 11.5. The van der Waals surface area contributed by atoms with Gasteiger partial charge in [-0.05, 0) is 42.8 Å². The zero-order chi connectivity index (χ0) is 15.2. The van der Waals surface area contributed by atoms with Crippen LogP contribution in [0.3, 0.4) is 0 Å². The summed E-state index contributed by atoms with van der Waals surface area (Å²) in [7, 11) is 0. The summed E-state index contributed by atoms with van der Waals surface area (Å²) in [5.74, 6) is 4.59. The second-order valence-electron chi connectivity index (χ2n) is 4.52. The second-order valence-corrected chi connectivity index (χ2v) is 4.52. The van der Waals surface area contributed by atoms with Gasteiger partial charge in [-0.1, -0.05) is 24.0 Å². The Balaban J connectivity index is 2.19. The van der Waals surface area contributed by atoms with E-state index in [1.54, 1.807) is 31.2 Å². The normalized spacial score (nSPS) is 9.67. The summed E-state index contributed by atoms with van der Waals surface area (Å²) in [5.41, 5.74) is 7.39. The lowest BCUT2D eigenvalue weighted by molar-refractivity contribution is 0.102. The van der Waals surface area contributed by atoms with E-state index in [1.807, 2.05) is 6.07 Å². The molecule has 0 aliphatic rings. The molecule has 0 unspecified atom stereocenters. The molecule has 0 radical (unpaired) electrons. The molecule has 2 aromatic carbocycles. The number of carbonyl (C=O) groups excluding carboxylic acids is 1. The van der Waals surface area contributed by atoms with E-state index in [2.05, 4.69) is 17.2 Å². The molecular formula is C17H15FN2O. The number of aryl methyl sites for hydroxylation is 1. The molecule has 2 rings (SSSR count). The number of benzene rings is 2. The van der Waals surface area contributed by atoms with Crippen LogP contribution in [-0.2, 0) is 0 Å². The van der Waals surface area contributed by atoms with Crippen LogP contribution in [0.2, 0.25) is 0 Å². The van der Waals surface area contributed by atoms with Gasteiger partial charge in [-0.25, -0.2) is 4.39 Å². The molecule has 0 bridgehead atoms. The van der Waals surface area contributed by atoms with Crippen molar-refractivity contribution in [2.45, 2.75) is 6.92 Å². The second kappa shape index (κ2) is 6.69. The van der Waals surface area contributed by atoms with Crippen LogP contribution in [0.1, 0.15) is 21.5 Å². The topological polar surface area (TPSA) is 55.1 Å². The van der Waals surface area contributed by atoms with Crippen LogP contribution in [-0.4, -0.2) is 12.5 Å². The predicted octanol–water partition coefficient (Wildman–Crippen LogP) is 2.70. The average Bonchev–Trinajstić information content (AvgIpc) is 2.45. The van der Waals surface area contributed by atoms with Gasteiger partial charge in [0.15, 0.2) is 0 Å². The van der Waals surface area contributed by atoms with Gasteiger partial charge in [0.05, 0.1) is 12.1 Å². The number of nitrogens with one attached hydrogen (secondary N) is 1. The van der Waals surface area contributed by atoms with Crippen molar-refractivity contribution in [2.24, 2.45) is 5.73 Å². The largest absolute Gasteiger partial charge is 0.322 e. The molecule has 4 heteroatoms. The average molecular weight is 282 g/mol. The number of anilines is 1. The Kier molecular flexibility index (Phi) is 4.70. The molecule has 0 spiro atoms. The fraction of sp³-hybridized carbons (Fsp3) is 0.118. The van der Waals surface area contributed by atoms with Crippen molar-refractivity contribution in [3.63, 3.8) is 0 Å². The summed E-state index contributed by atoms with van der Waals surface area (Å²) >= 11 is 0. The quantitative estimate of drug-likeness (QED) is 0.832. The Morgan fingerprint density at radius 1 is 1.29 bits per heavy atom. The predicted molar refractivity (Wildman–Crippen MR) is 81.5 cm³/mol. The fourth-order valence-electron chi connectivity index (χ4n) is 1.83. The minimum Gasteiger partial charge on any atom is -0.322 e. The van der Waals surface area contributed by atoms with Crippen molar-refractivity contribution < 1.29 is 9.18 Å². The smallest absolute Gasteiger partial charge is 0.258 e. The number of hydrogen-bond acceptors (Lipinski definition) is 2. The van der Waals surface area contributed by atoms with Gasteiger partial charge in [-0.2, -0.15) is 0 Å². The van der Waals surface area contributed by atoms with E-state index in [1.165, 1.54) is 12.1 Å². The third-order valence-electron chi connectivity index (χ3n) is 2.82. The SMILES string of the molecule is Cc1ccc(C(=O)Nc2cccc(C#CCN)c2)c(F)c1. The van der Waals surface area contributed by atoms with Crippen LogP contribution in [0.5, 0.6) is 0 Å². The molecule has 0 saturated carbocycles. The van der Waals surface area contributed by atoms with Crippen LogP contribution >= 0.6 is 0 Å². The van der Waals surface area contributed by atoms with E-state index in [0.717, 1.165) is 11.1 Å². The maximum atomic E-state index is 13.8. The molecule has 2 aromatic rings. The Bertz CT molecular complexity index is 729. The van der Waals surface area contributed by atoms with Crippen LogP contribution in [0.15, 0.2) is 42.5 Å². The van der Waals surface area contributed by atoms with Crippen LogP contribution in [0, 0.1) is 24.6 Å². The number of hydrogen-bond donors (Lipinski definition) is 2. The Morgan fingerprint density at radius 2 is 2.10 bits per heavy atom. The van der Waals surface area contributed by atoms with Crippen LogP contribution < -0.4 is 11.1 Å². The van der Waals surface area contributed by atoms with E-state index in [0.29, 0.717) is 5.69 Å². The maximum absolute atomic E-state index is 13.8. The zero-order valence-electron chi connectivity index (χ0n) is 11.6. The molecule has 0 atom stereocenters. The summed E-state index contributed by atoms with van der Waals surface area (Å²) < 4.78 is 13.8.